The molecule has 6 heteroatoms. The first-order valence-corrected chi connectivity index (χ1v) is 10.4. The summed E-state index contributed by atoms with van der Waals surface area (Å²) in [4.78, 5) is 35.6. The molecule has 0 atom stereocenters. The Morgan fingerprint density at radius 3 is 2.39 bits per heavy atom. The Morgan fingerprint density at radius 1 is 1.10 bits per heavy atom. The van der Waals surface area contributed by atoms with Gasteiger partial charge >= 0.3 is 0 Å². The van der Waals surface area contributed by atoms with Crippen molar-refractivity contribution < 1.29 is 14.0 Å². The number of aliphatic imine (C=N–C) groups is 1. The molecular formula is C25H16N2O3S. The first-order chi connectivity index (χ1) is 15.0. The molecule has 0 fully saturated rings. The van der Waals surface area contributed by atoms with E-state index < -0.39 is 0 Å². The molecule has 2 aromatic heterocycles. The van der Waals surface area contributed by atoms with Gasteiger partial charge in [0.15, 0.2) is 22.0 Å². The average Bonchev–Trinajstić information content (AvgIpc) is 3.40. The van der Waals surface area contributed by atoms with E-state index in [0.717, 1.165) is 21.2 Å². The number of carbonyl (C=O) groups is 2. The third kappa shape index (κ3) is 3.27. The minimum absolute atomic E-state index is 0.0811. The zero-order valence-electron chi connectivity index (χ0n) is 16.6. The van der Waals surface area contributed by atoms with Crippen molar-refractivity contribution in [2.45, 2.75) is 6.92 Å². The highest BCUT2D eigenvalue weighted by Crippen LogP contribution is 2.34. The number of ketones is 2. The lowest BCUT2D eigenvalue weighted by Gasteiger charge is -2.00. The summed E-state index contributed by atoms with van der Waals surface area (Å²) >= 11 is 1.48. The van der Waals surface area contributed by atoms with Gasteiger partial charge < -0.3 is 4.42 Å². The summed E-state index contributed by atoms with van der Waals surface area (Å²) in [5.41, 5.74) is 2.59. The number of hydrogen-bond acceptors (Lipinski definition) is 6. The Labute approximate surface area is 181 Å². The molecule has 0 amide bonds. The van der Waals surface area contributed by atoms with Gasteiger partial charge in [0.1, 0.15) is 0 Å². The summed E-state index contributed by atoms with van der Waals surface area (Å²) in [5, 5.41) is 1.85. The number of oxazole rings is 1. The van der Waals surface area contributed by atoms with Crippen molar-refractivity contribution in [1.82, 2.24) is 4.98 Å². The van der Waals surface area contributed by atoms with Crippen molar-refractivity contribution in [2.75, 3.05) is 0 Å². The Bertz CT molecular complexity index is 1410. The molecule has 31 heavy (non-hydrogen) atoms. The van der Waals surface area contributed by atoms with Gasteiger partial charge in [-0.3, -0.25) is 14.6 Å². The summed E-state index contributed by atoms with van der Waals surface area (Å²) in [6.07, 6.45) is 6.80. The maximum atomic E-state index is 12.9. The van der Waals surface area contributed by atoms with Crippen LogP contribution < -0.4 is 0 Å². The van der Waals surface area contributed by atoms with E-state index in [1.54, 1.807) is 18.3 Å². The zero-order chi connectivity index (χ0) is 21.5. The van der Waals surface area contributed by atoms with Crippen LogP contribution in [-0.2, 0) is 0 Å². The molecule has 0 radical (unpaired) electrons. The molecule has 0 saturated carbocycles. The minimum atomic E-state index is -0.297. The van der Waals surface area contributed by atoms with Crippen LogP contribution in [0.5, 0.6) is 0 Å². The predicted octanol–water partition coefficient (Wildman–Crippen LogP) is 6.12. The summed E-state index contributed by atoms with van der Waals surface area (Å²) in [5.74, 6) is -0.344. The molecular weight excluding hydrogens is 408 g/mol. The van der Waals surface area contributed by atoms with E-state index in [0.29, 0.717) is 21.5 Å². The average molecular weight is 424 g/mol. The number of hydrogen-bond donors (Lipinski definition) is 0. The lowest BCUT2D eigenvalue weighted by molar-refractivity contribution is 0.0990. The molecule has 0 bridgehead atoms. The monoisotopic (exact) mass is 424 g/mol. The topological polar surface area (TPSA) is 72.5 Å². The van der Waals surface area contributed by atoms with Gasteiger partial charge in [0, 0.05) is 34.3 Å². The van der Waals surface area contributed by atoms with Crippen LogP contribution >= 0.6 is 11.3 Å². The number of aromatic nitrogens is 1. The molecule has 0 N–H and O–H groups in total. The third-order valence-electron chi connectivity index (χ3n) is 5.16. The van der Waals surface area contributed by atoms with Crippen LogP contribution in [0.4, 0.5) is 0 Å². The first kappa shape index (κ1) is 19.1. The summed E-state index contributed by atoms with van der Waals surface area (Å²) in [7, 11) is 0. The van der Waals surface area contributed by atoms with Crippen LogP contribution in [0.2, 0.25) is 0 Å². The van der Waals surface area contributed by atoms with Crippen LogP contribution in [0.3, 0.4) is 0 Å². The summed E-state index contributed by atoms with van der Waals surface area (Å²) in [6.45, 7) is 5.39. The number of thiophene rings is 1. The predicted molar refractivity (Wildman–Crippen MR) is 125 cm³/mol. The lowest BCUT2D eigenvalue weighted by Crippen LogP contribution is -2.00. The fourth-order valence-electron chi connectivity index (χ4n) is 3.60. The van der Waals surface area contributed by atoms with Gasteiger partial charge in [-0.2, -0.15) is 4.98 Å². The van der Waals surface area contributed by atoms with E-state index in [4.69, 9.17) is 4.42 Å². The highest BCUT2D eigenvalue weighted by molar-refractivity contribution is 7.19. The molecule has 0 unspecified atom stereocenters. The number of Topliss-reactive ketones (excluding diaryl/α,β-unsaturated/α-hetero) is 2. The van der Waals surface area contributed by atoms with E-state index in [9.17, 15) is 9.59 Å². The van der Waals surface area contributed by atoms with Crippen molar-refractivity contribution in [3.8, 4) is 0 Å². The largest absolute Gasteiger partial charge is 0.436 e. The Kier molecular flexibility index (Phi) is 4.56. The third-order valence-corrected chi connectivity index (χ3v) is 6.31. The Balaban J connectivity index is 1.49. The minimum Gasteiger partial charge on any atom is -0.436 e. The molecule has 0 spiro atoms. The number of carbonyl (C=O) groups excluding carboxylic acids is 2. The van der Waals surface area contributed by atoms with Crippen molar-refractivity contribution in [3.05, 3.63) is 88.3 Å². The number of allylic oxidation sites excluding steroid dienone is 4. The Hall–Kier alpha value is -3.90. The maximum Gasteiger partial charge on any atom is 0.221 e. The van der Waals surface area contributed by atoms with Crippen molar-refractivity contribution in [3.63, 3.8) is 0 Å². The van der Waals surface area contributed by atoms with Crippen molar-refractivity contribution in [2.24, 2.45) is 4.99 Å². The fraction of sp³-hybridized carbons (Fsp3) is 0.0400. The van der Waals surface area contributed by atoms with Gasteiger partial charge in [-0.05, 0) is 48.2 Å². The van der Waals surface area contributed by atoms with Gasteiger partial charge in [0.25, 0.3) is 0 Å². The summed E-state index contributed by atoms with van der Waals surface area (Å²) < 4.78 is 5.80. The highest BCUT2D eigenvalue weighted by Gasteiger charge is 2.34. The molecule has 5 nitrogen and oxygen atoms in total. The quantitative estimate of drug-likeness (QED) is 0.171. The molecule has 0 aliphatic heterocycles. The van der Waals surface area contributed by atoms with E-state index >= 15 is 0 Å². The number of nitrogens with zero attached hydrogens (tertiary/aromatic N) is 2. The fourth-order valence-corrected chi connectivity index (χ4v) is 4.54. The maximum absolute atomic E-state index is 12.9. The van der Waals surface area contributed by atoms with Gasteiger partial charge in [0.2, 0.25) is 5.89 Å². The molecule has 1 aliphatic rings. The van der Waals surface area contributed by atoms with Crippen LogP contribution in [-0.4, -0.2) is 23.3 Å². The number of rotatable bonds is 4. The zero-order valence-corrected chi connectivity index (χ0v) is 17.4. The second-order valence-corrected chi connectivity index (χ2v) is 8.20. The number of benzene rings is 2. The van der Waals surface area contributed by atoms with Crippen molar-refractivity contribution in [1.29, 1.82) is 0 Å². The Morgan fingerprint density at radius 2 is 1.77 bits per heavy atom. The second-order valence-electron chi connectivity index (χ2n) is 7.17. The first-order valence-electron chi connectivity index (χ1n) is 9.59. The van der Waals surface area contributed by atoms with Gasteiger partial charge in [-0.15, -0.1) is 11.3 Å². The summed E-state index contributed by atoms with van der Waals surface area (Å²) in [6, 6.07) is 13.1. The lowest BCUT2D eigenvalue weighted by atomic mass is 10.0. The van der Waals surface area contributed by atoms with Crippen LogP contribution in [0.1, 0.15) is 38.4 Å². The molecule has 0 saturated heterocycles. The molecule has 1 aliphatic carbocycles. The van der Waals surface area contributed by atoms with E-state index in [1.807, 2.05) is 49.4 Å². The van der Waals surface area contributed by atoms with Gasteiger partial charge in [-0.25, -0.2) is 0 Å². The van der Waals surface area contributed by atoms with Crippen LogP contribution in [0.25, 0.3) is 32.8 Å². The molecule has 4 aromatic rings. The van der Waals surface area contributed by atoms with E-state index in [1.165, 1.54) is 17.4 Å². The molecule has 150 valence electrons. The SMILES string of the molecule is C=N/C=C\C=C(/C)c1cc2oc(C=C3C(=O)c4cc5ccccc5cc4C3=O)nc2s1. The smallest absolute Gasteiger partial charge is 0.221 e. The van der Waals surface area contributed by atoms with E-state index in [2.05, 4.69) is 16.7 Å². The highest BCUT2D eigenvalue weighted by atomic mass is 32.1. The standard InChI is InChI=1S/C25H16N2O3S/c1-14(6-5-9-26-2)21-13-20-25(31-21)27-22(30-20)12-19-23(28)17-10-15-7-3-4-8-16(15)11-18(17)24(19)29/h3-13H,2H2,1H3/b9-5-,14-6+. The molecule has 5 rings (SSSR count). The van der Waals surface area contributed by atoms with Crippen molar-refractivity contribution >= 4 is 62.5 Å². The molecule has 2 aromatic carbocycles. The van der Waals surface area contributed by atoms with Gasteiger partial charge in [0.05, 0.1) is 5.57 Å². The second kappa shape index (κ2) is 7.41. The van der Waals surface area contributed by atoms with Crippen LogP contribution in [0.15, 0.2) is 75.8 Å². The number of fused-ring (bicyclic) bond motifs is 3. The normalized spacial score (nSPS) is 14.2. The molecule has 2 heterocycles. The van der Waals surface area contributed by atoms with Crippen LogP contribution in [0, 0.1) is 0 Å². The van der Waals surface area contributed by atoms with Gasteiger partial charge in [-0.1, -0.05) is 30.3 Å². The van der Waals surface area contributed by atoms with E-state index in [-0.39, 0.29) is 23.0 Å².